The molecule has 0 saturated carbocycles. The quantitative estimate of drug-likeness (QED) is 0.652. The zero-order chi connectivity index (χ0) is 6.85. The molecule has 0 spiro atoms. The van der Waals surface area contributed by atoms with Gasteiger partial charge in [-0.05, 0) is 18.2 Å². The highest BCUT2D eigenvalue weighted by molar-refractivity contribution is 6.35. The third kappa shape index (κ3) is 2.06. The van der Waals surface area contributed by atoms with Crippen LogP contribution in [0.4, 0.5) is 0 Å². The van der Waals surface area contributed by atoms with Crippen LogP contribution in [0.1, 0.15) is 0 Å². The van der Waals surface area contributed by atoms with Gasteiger partial charge in [0, 0.05) is 5.02 Å². The molecule has 3 N–H and O–H groups in total. The molecule has 0 fully saturated rings. The summed E-state index contributed by atoms with van der Waals surface area (Å²) in [5.74, 6) is 0.0565. The van der Waals surface area contributed by atoms with Gasteiger partial charge in [-0.1, -0.05) is 23.2 Å². The Morgan fingerprint density at radius 3 is 2.20 bits per heavy atom. The van der Waals surface area contributed by atoms with Crippen LogP contribution in [0.2, 0.25) is 10.0 Å². The average molecular weight is 181 g/mol. The van der Waals surface area contributed by atoms with Crippen molar-refractivity contribution in [3.63, 3.8) is 0 Å². The molecule has 1 rings (SSSR count). The van der Waals surface area contributed by atoms with Crippen molar-refractivity contribution < 1.29 is 10.6 Å². The van der Waals surface area contributed by atoms with E-state index >= 15 is 0 Å². The van der Waals surface area contributed by atoms with Crippen molar-refractivity contribution in [2.45, 2.75) is 0 Å². The number of phenols is 1. The zero-order valence-electron chi connectivity index (χ0n) is 4.94. The van der Waals surface area contributed by atoms with Gasteiger partial charge in [0.1, 0.15) is 5.75 Å². The number of aromatic hydroxyl groups is 1. The van der Waals surface area contributed by atoms with Crippen LogP contribution < -0.4 is 0 Å². The smallest absolute Gasteiger partial charge is 0.134 e. The number of benzene rings is 1. The van der Waals surface area contributed by atoms with E-state index in [1.807, 2.05) is 0 Å². The van der Waals surface area contributed by atoms with Gasteiger partial charge in [0.15, 0.2) is 0 Å². The Morgan fingerprint density at radius 1 is 1.20 bits per heavy atom. The maximum Gasteiger partial charge on any atom is 0.134 e. The van der Waals surface area contributed by atoms with Gasteiger partial charge in [0.05, 0.1) is 5.02 Å². The first-order valence-electron chi connectivity index (χ1n) is 2.34. The van der Waals surface area contributed by atoms with E-state index in [0.717, 1.165) is 0 Å². The van der Waals surface area contributed by atoms with Gasteiger partial charge in [-0.25, -0.2) is 0 Å². The second kappa shape index (κ2) is 3.66. The van der Waals surface area contributed by atoms with Crippen molar-refractivity contribution in [3.8, 4) is 5.75 Å². The summed E-state index contributed by atoms with van der Waals surface area (Å²) in [5, 5.41) is 9.66. The lowest BCUT2D eigenvalue weighted by atomic mass is 10.3. The minimum Gasteiger partial charge on any atom is -0.506 e. The molecule has 0 aliphatic heterocycles. The molecule has 0 aliphatic rings. The number of phenolic OH excluding ortho intramolecular Hbond substituents is 1. The molecule has 0 radical (unpaired) electrons. The fourth-order valence-electron chi connectivity index (χ4n) is 0.481. The standard InChI is InChI=1S/C6H4Cl2O.H2O/c7-4-1-2-6(9)5(8)3-4;/h1-3,9H;1H2. The number of rotatable bonds is 0. The van der Waals surface area contributed by atoms with Crippen LogP contribution in [0, 0.1) is 0 Å². The first-order valence-corrected chi connectivity index (χ1v) is 3.10. The molecule has 0 saturated heterocycles. The molecule has 1 aromatic carbocycles. The molecule has 0 unspecified atom stereocenters. The molecule has 0 bridgehead atoms. The first kappa shape index (κ1) is 9.56. The number of hydrogen-bond acceptors (Lipinski definition) is 1. The van der Waals surface area contributed by atoms with Gasteiger partial charge in [-0.15, -0.1) is 0 Å². The lowest BCUT2D eigenvalue weighted by molar-refractivity contribution is 0.475. The van der Waals surface area contributed by atoms with Crippen molar-refractivity contribution in [1.29, 1.82) is 0 Å². The predicted octanol–water partition coefficient (Wildman–Crippen LogP) is 1.87. The SMILES string of the molecule is O.Oc1ccc(Cl)cc1Cl. The Kier molecular flexibility index (Phi) is 3.50. The molecule has 4 heteroatoms. The van der Waals surface area contributed by atoms with Crippen LogP contribution in [-0.4, -0.2) is 10.6 Å². The molecule has 0 heterocycles. The Labute approximate surface area is 68.3 Å². The van der Waals surface area contributed by atoms with E-state index in [4.69, 9.17) is 28.3 Å². The van der Waals surface area contributed by atoms with E-state index in [-0.39, 0.29) is 16.2 Å². The Bertz CT molecular complexity index is 225. The summed E-state index contributed by atoms with van der Waals surface area (Å²) in [5.41, 5.74) is 0. The number of hydrogen-bond donors (Lipinski definition) is 1. The molecule has 56 valence electrons. The Balaban J connectivity index is 0.000000810. The second-order valence-corrected chi connectivity index (χ2v) is 2.44. The van der Waals surface area contributed by atoms with E-state index in [9.17, 15) is 0 Å². The van der Waals surface area contributed by atoms with Crippen LogP contribution >= 0.6 is 23.2 Å². The van der Waals surface area contributed by atoms with Crippen molar-refractivity contribution in [2.75, 3.05) is 0 Å². The molecule has 1 aromatic rings. The number of halogens is 2. The molecule has 0 amide bonds. The monoisotopic (exact) mass is 180 g/mol. The van der Waals surface area contributed by atoms with Crippen LogP contribution in [0.15, 0.2) is 18.2 Å². The van der Waals surface area contributed by atoms with E-state index in [2.05, 4.69) is 0 Å². The summed E-state index contributed by atoms with van der Waals surface area (Å²) in [7, 11) is 0. The largest absolute Gasteiger partial charge is 0.506 e. The van der Waals surface area contributed by atoms with Crippen molar-refractivity contribution in [1.82, 2.24) is 0 Å². The second-order valence-electron chi connectivity index (χ2n) is 1.60. The summed E-state index contributed by atoms with van der Waals surface area (Å²) in [6.07, 6.45) is 0. The predicted molar refractivity (Wildman–Crippen MR) is 41.7 cm³/mol. The summed E-state index contributed by atoms with van der Waals surface area (Å²) < 4.78 is 0. The van der Waals surface area contributed by atoms with Gasteiger partial charge in [0.2, 0.25) is 0 Å². The van der Waals surface area contributed by atoms with Gasteiger partial charge < -0.3 is 10.6 Å². The lowest BCUT2D eigenvalue weighted by Gasteiger charge is -1.93. The van der Waals surface area contributed by atoms with Gasteiger partial charge >= 0.3 is 0 Å². The summed E-state index contributed by atoms with van der Waals surface area (Å²) in [6.45, 7) is 0. The van der Waals surface area contributed by atoms with Crippen molar-refractivity contribution >= 4 is 23.2 Å². The van der Waals surface area contributed by atoms with Crippen LogP contribution in [-0.2, 0) is 0 Å². The summed E-state index contributed by atoms with van der Waals surface area (Å²) in [4.78, 5) is 0. The van der Waals surface area contributed by atoms with E-state index < -0.39 is 0 Å². The zero-order valence-corrected chi connectivity index (χ0v) is 6.45. The van der Waals surface area contributed by atoms with E-state index in [0.29, 0.717) is 5.02 Å². The highest BCUT2D eigenvalue weighted by atomic mass is 35.5. The maximum atomic E-state index is 8.85. The summed E-state index contributed by atoms with van der Waals surface area (Å²) >= 11 is 11.0. The topological polar surface area (TPSA) is 51.7 Å². The van der Waals surface area contributed by atoms with Gasteiger partial charge in [-0.2, -0.15) is 0 Å². The Hall–Kier alpha value is -0.440. The third-order valence-electron chi connectivity index (χ3n) is 0.910. The molecular formula is C6H6Cl2O2. The fraction of sp³-hybridized carbons (Fsp3) is 0. The molecule has 2 nitrogen and oxygen atoms in total. The molecule has 0 aliphatic carbocycles. The van der Waals surface area contributed by atoms with Crippen LogP contribution in [0.5, 0.6) is 5.75 Å². The molecular weight excluding hydrogens is 175 g/mol. The van der Waals surface area contributed by atoms with Crippen molar-refractivity contribution in [3.05, 3.63) is 28.2 Å². The minimum atomic E-state index is 0. The summed E-state index contributed by atoms with van der Waals surface area (Å²) in [6, 6.07) is 4.51. The minimum absolute atomic E-state index is 0. The molecule has 10 heavy (non-hydrogen) atoms. The third-order valence-corrected chi connectivity index (χ3v) is 1.45. The van der Waals surface area contributed by atoms with Crippen molar-refractivity contribution in [2.24, 2.45) is 0 Å². The lowest BCUT2D eigenvalue weighted by Crippen LogP contribution is -1.66. The normalized spacial score (nSPS) is 8.60. The Morgan fingerprint density at radius 2 is 1.80 bits per heavy atom. The highest BCUT2D eigenvalue weighted by Crippen LogP contribution is 2.25. The molecule has 0 atom stereocenters. The van der Waals surface area contributed by atoms with Crippen LogP contribution in [0.3, 0.4) is 0 Å². The van der Waals surface area contributed by atoms with E-state index in [1.54, 1.807) is 6.07 Å². The van der Waals surface area contributed by atoms with Crippen LogP contribution in [0.25, 0.3) is 0 Å². The maximum absolute atomic E-state index is 8.85. The highest BCUT2D eigenvalue weighted by Gasteiger charge is 1.95. The average Bonchev–Trinajstić information content (AvgIpc) is 1.80. The van der Waals surface area contributed by atoms with Gasteiger partial charge in [0.25, 0.3) is 0 Å². The first-order chi connectivity index (χ1) is 4.20. The fourth-order valence-corrected chi connectivity index (χ4v) is 0.890. The van der Waals surface area contributed by atoms with E-state index in [1.165, 1.54) is 12.1 Å². The molecule has 0 aromatic heterocycles. The van der Waals surface area contributed by atoms with Gasteiger partial charge in [-0.3, -0.25) is 0 Å².